The maximum absolute atomic E-state index is 11.5. The molecule has 0 saturated heterocycles. The molecule has 1 aromatic rings. The van der Waals surface area contributed by atoms with Crippen LogP contribution >= 0.6 is 11.8 Å². The number of thioether (sulfide) groups is 1. The van der Waals surface area contributed by atoms with E-state index in [1.54, 1.807) is 31.8 Å². The van der Waals surface area contributed by atoms with Crippen LogP contribution in [0.2, 0.25) is 0 Å². The van der Waals surface area contributed by atoms with E-state index in [4.69, 9.17) is 9.15 Å². The number of hydrogen-bond donors (Lipinski definition) is 2. The molecule has 124 valence electrons. The number of carbonyl (C=O) groups is 1. The van der Waals surface area contributed by atoms with Crippen molar-refractivity contribution in [2.45, 2.75) is 32.1 Å². The Morgan fingerprint density at radius 3 is 2.68 bits per heavy atom. The maximum Gasteiger partial charge on any atom is 0.341 e. The normalized spacial score (nSPS) is 12.2. The third kappa shape index (κ3) is 5.29. The number of furan rings is 1. The average molecular weight is 327 g/mol. The molecule has 0 radical (unpaired) electrons. The molecule has 1 rings (SSSR count). The molecule has 0 spiro atoms. The van der Waals surface area contributed by atoms with Crippen LogP contribution in [0.5, 0.6) is 0 Å². The highest BCUT2D eigenvalue weighted by Crippen LogP contribution is 2.19. The van der Waals surface area contributed by atoms with Crippen molar-refractivity contribution in [2.24, 2.45) is 4.99 Å². The number of ether oxygens (including phenoxy) is 1. The zero-order valence-electron chi connectivity index (χ0n) is 14.1. The summed E-state index contributed by atoms with van der Waals surface area (Å²) < 4.78 is 10.4. The Morgan fingerprint density at radius 1 is 1.45 bits per heavy atom. The first-order valence-electron chi connectivity index (χ1n) is 7.00. The van der Waals surface area contributed by atoms with Gasteiger partial charge in [0, 0.05) is 18.3 Å². The van der Waals surface area contributed by atoms with Crippen molar-refractivity contribution in [3.8, 4) is 0 Å². The Balaban J connectivity index is 2.59. The van der Waals surface area contributed by atoms with Gasteiger partial charge in [-0.15, -0.1) is 0 Å². The van der Waals surface area contributed by atoms with Gasteiger partial charge in [-0.3, -0.25) is 4.99 Å². The lowest BCUT2D eigenvalue weighted by molar-refractivity contribution is 0.0599. The Morgan fingerprint density at radius 2 is 2.14 bits per heavy atom. The fourth-order valence-corrected chi connectivity index (χ4v) is 1.92. The van der Waals surface area contributed by atoms with Crippen LogP contribution < -0.4 is 10.6 Å². The minimum atomic E-state index is -0.392. The summed E-state index contributed by atoms with van der Waals surface area (Å²) in [4.78, 5) is 15.7. The molecule has 0 atom stereocenters. The monoisotopic (exact) mass is 327 g/mol. The molecule has 0 unspecified atom stereocenters. The molecule has 0 amide bonds. The summed E-state index contributed by atoms with van der Waals surface area (Å²) in [7, 11) is 3.07. The van der Waals surface area contributed by atoms with E-state index in [-0.39, 0.29) is 4.75 Å². The van der Waals surface area contributed by atoms with E-state index in [2.05, 4.69) is 35.7 Å². The lowest BCUT2D eigenvalue weighted by Crippen LogP contribution is -2.42. The first-order valence-corrected chi connectivity index (χ1v) is 8.22. The van der Waals surface area contributed by atoms with E-state index < -0.39 is 5.97 Å². The van der Waals surface area contributed by atoms with Gasteiger partial charge in [-0.05, 0) is 33.1 Å². The van der Waals surface area contributed by atoms with Crippen molar-refractivity contribution in [1.82, 2.24) is 10.6 Å². The van der Waals surface area contributed by atoms with Crippen LogP contribution in [0, 0.1) is 6.92 Å². The minimum absolute atomic E-state index is 0.122. The number of methoxy groups -OCH3 is 1. The number of nitrogens with zero attached hydrogens (tertiary/aromatic N) is 1. The highest BCUT2D eigenvalue weighted by atomic mass is 32.2. The van der Waals surface area contributed by atoms with Crippen LogP contribution in [0.3, 0.4) is 0 Å². The molecule has 0 aliphatic carbocycles. The number of aryl methyl sites for hydroxylation is 1. The second kappa shape index (κ2) is 8.12. The lowest BCUT2D eigenvalue weighted by atomic mass is 10.2. The molecule has 7 heteroatoms. The summed E-state index contributed by atoms with van der Waals surface area (Å²) in [5, 5.41) is 6.43. The van der Waals surface area contributed by atoms with Crippen LogP contribution in [0.4, 0.5) is 0 Å². The number of nitrogens with one attached hydrogen (secondary N) is 2. The number of esters is 1. The molecule has 6 nitrogen and oxygen atoms in total. The second-order valence-corrected chi connectivity index (χ2v) is 6.93. The summed E-state index contributed by atoms with van der Waals surface area (Å²) in [6.45, 7) is 7.30. The van der Waals surface area contributed by atoms with Gasteiger partial charge in [0.25, 0.3) is 0 Å². The van der Waals surface area contributed by atoms with Crippen LogP contribution in [0.25, 0.3) is 0 Å². The summed E-state index contributed by atoms with van der Waals surface area (Å²) >= 11 is 1.79. The van der Waals surface area contributed by atoms with E-state index in [0.29, 0.717) is 29.6 Å². The van der Waals surface area contributed by atoms with Gasteiger partial charge < -0.3 is 19.8 Å². The smallest absolute Gasteiger partial charge is 0.341 e. The summed E-state index contributed by atoms with van der Waals surface area (Å²) in [6, 6.07) is 1.69. The van der Waals surface area contributed by atoms with Gasteiger partial charge in [-0.1, -0.05) is 0 Å². The molecule has 2 N–H and O–H groups in total. The molecule has 0 fully saturated rings. The molecular formula is C15H25N3O3S. The maximum atomic E-state index is 11.5. The van der Waals surface area contributed by atoms with Crippen molar-refractivity contribution in [3.05, 3.63) is 23.2 Å². The lowest BCUT2D eigenvalue weighted by Gasteiger charge is -2.23. The predicted molar refractivity (Wildman–Crippen MR) is 90.6 cm³/mol. The number of carbonyl (C=O) groups excluding carboxylic acids is 1. The first-order chi connectivity index (χ1) is 10.3. The Hall–Kier alpha value is -1.63. The Kier molecular flexibility index (Phi) is 6.80. The summed E-state index contributed by atoms with van der Waals surface area (Å²) in [5.74, 6) is 1.51. The number of aliphatic imine (C=N–C) groups is 1. The molecule has 0 bridgehead atoms. The highest BCUT2D eigenvalue weighted by Gasteiger charge is 2.17. The van der Waals surface area contributed by atoms with Crippen LogP contribution in [0.15, 0.2) is 15.5 Å². The molecule has 1 aromatic heterocycles. The molecular weight excluding hydrogens is 302 g/mol. The largest absolute Gasteiger partial charge is 0.465 e. The molecule has 0 aromatic carbocycles. The quantitative estimate of drug-likeness (QED) is 0.474. The van der Waals surface area contributed by atoms with E-state index in [0.717, 1.165) is 6.54 Å². The minimum Gasteiger partial charge on any atom is -0.465 e. The first kappa shape index (κ1) is 18.4. The highest BCUT2D eigenvalue weighted by molar-refractivity contribution is 7.99. The Labute approximate surface area is 136 Å². The predicted octanol–water partition coefficient (Wildman–Crippen LogP) is 2.18. The third-order valence-electron chi connectivity index (χ3n) is 3.26. The molecule has 0 saturated carbocycles. The summed E-state index contributed by atoms with van der Waals surface area (Å²) in [6.07, 6.45) is 2.08. The zero-order valence-corrected chi connectivity index (χ0v) is 14.9. The van der Waals surface area contributed by atoms with E-state index in [9.17, 15) is 4.79 Å². The van der Waals surface area contributed by atoms with Crippen LogP contribution in [-0.2, 0) is 11.3 Å². The second-order valence-electron chi connectivity index (χ2n) is 5.42. The number of rotatable bonds is 6. The van der Waals surface area contributed by atoms with E-state index in [1.807, 2.05) is 0 Å². The van der Waals surface area contributed by atoms with Crippen LogP contribution in [0.1, 0.15) is 35.7 Å². The molecule has 22 heavy (non-hydrogen) atoms. The number of guanidine groups is 1. The van der Waals surface area contributed by atoms with Gasteiger partial charge in [-0.25, -0.2) is 4.79 Å². The number of hydrogen-bond acceptors (Lipinski definition) is 5. The van der Waals surface area contributed by atoms with E-state index >= 15 is 0 Å². The third-order valence-corrected chi connectivity index (χ3v) is 4.51. The van der Waals surface area contributed by atoms with E-state index in [1.165, 1.54) is 7.11 Å². The van der Waals surface area contributed by atoms with Crippen molar-refractivity contribution in [2.75, 3.05) is 27.0 Å². The Bertz CT molecular complexity index is 538. The molecule has 0 aliphatic rings. The SMILES string of the molecule is CN=C(NCc1cc(C(=O)OC)c(C)o1)NCC(C)(C)SC. The van der Waals surface area contributed by atoms with Crippen LogP contribution in [-0.4, -0.2) is 43.6 Å². The van der Waals surface area contributed by atoms with Gasteiger partial charge in [0.1, 0.15) is 17.1 Å². The van der Waals surface area contributed by atoms with Gasteiger partial charge in [-0.2, -0.15) is 11.8 Å². The fourth-order valence-electron chi connectivity index (χ4n) is 1.70. The average Bonchev–Trinajstić information content (AvgIpc) is 2.87. The van der Waals surface area contributed by atoms with Crippen molar-refractivity contribution in [1.29, 1.82) is 0 Å². The van der Waals surface area contributed by atoms with Gasteiger partial charge >= 0.3 is 5.97 Å². The zero-order chi connectivity index (χ0) is 16.8. The molecule has 1 heterocycles. The fraction of sp³-hybridized carbons (Fsp3) is 0.600. The van der Waals surface area contributed by atoms with Crippen molar-refractivity contribution < 1.29 is 13.9 Å². The summed E-state index contributed by atoms with van der Waals surface area (Å²) in [5.41, 5.74) is 0.450. The topological polar surface area (TPSA) is 75.9 Å². The standard InChI is InChI=1S/C15H25N3O3S/c1-10-12(13(19)20-5)7-11(21-10)8-17-14(16-4)18-9-15(2,3)22-6/h7H,8-9H2,1-6H3,(H2,16,17,18). The van der Waals surface area contributed by atoms with Crippen molar-refractivity contribution in [3.63, 3.8) is 0 Å². The van der Waals surface area contributed by atoms with Gasteiger partial charge in [0.05, 0.1) is 13.7 Å². The van der Waals surface area contributed by atoms with Crippen molar-refractivity contribution >= 4 is 23.7 Å². The molecule has 0 aliphatic heterocycles. The van der Waals surface area contributed by atoms with Gasteiger partial charge in [0.15, 0.2) is 5.96 Å². The van der Waals surface area contributed by atoms with Gasteiger partial charge in [0.2, 0.25) is 0 Å².